The van der Waals surface area contributed by atoms with E-state index in [1.807, 2.05) is 37.3 Å². The van der Waals surface area contributed by atoms with Crippen LogP contribution in [0.25, 0.3) is 34.2 Å². The summed E-state index contributed by atoms with van der Waals surface area (Å²) in [5, 5.41) is 11.2. The number of aromatic amines is 1. The van der Waals surface area contributed by atoms with Crippen LogP contribution in [0.5, 0.6) is 0 Å². The molecule has 2 aromatic carbocycles. The molecular formula is C18H13FN4O. The molecule has 4 rings (SSSR count). The highest BCUT2D eigenvalue weighted by Crippen LogP contribution is 2.26. The molecule has 4 aromatic rings. The predicted octanol–water partition coefficient (Wildman–Crippen LogP) is 4.24. The molecule has 2 aromatic heterocycles. The second-order valence-corrected chi connectivity index (χ2v) is 5.41. The van der Waals surface area contributed by atoms with Crippen LogP contribution in [0.15, 0.2) is 59.1 Å². The number of nitrogens with one attached hydrogen (secondary N) is 1. The molecular weight excluding hydrogens is 307 g/mol. The first-order chi connectivity index (χ1) is 11.7. The van der Waals surface area contributed by atoms with E-state index >= 15 is 0 Å². The first kappa shape index (κ1) is 14.3. The fourth-order valence-electron chi connectivity index (χ4n) is 2.48. The third-order valence-corrected chi connectivity index (χ3v) is 3.76. The molecule has 0 saturated carbocycles. The van der Waals surface area contributed by atoms with Gasteiger partial charge in [0.05, 0.1) is 5.69 Å². The number of hydrogen-bond donors (Lipinski definition) is 1. The van der Waals surface area contributed by atoms with Crippen molar-refractivity contribution in [2.24, 2.45) is 0 Å². The fourth-order valence-corrected chi connectivity index (χ4v) is 2.48. The van der Waals surface area contributed by atoms with Crippen molar-refractivity contribution in [3.63, 3.8) is 0 Å². The summed E-state index contributed by atoms with van der Waals surface area (Å²) in [6.45, 7) is 2.03. The Hall–Kier alpha value is -3.28. The zero-order chi connectivity index (χ0) is 16.5. The Morgan fingerprint density at radius 3 is 2.62 bits per heavy atom. The molecule has 6 heteroatoms. The molecule has 0 amide bonds. The van der Waals surface area contributed by atoms with Crippen LogP contribution in [0.1, 0.15) is 5.56 Å². The van der Waals surface area contributed by atoms with Crippen molar-refractivity contribution in [2.45, 2.75) is 6.92 Å². The van der Waals surface area contributed by atoms with Crippen molar-refractivity contribution < 1.29 is 8.91 Å². The van der Waals surface area contributed by atoms with Crippen LogP contribution in [-0.2, 0) is 0 Å². The summed E-state index contributed by atoms with van der Waals surface area (Å²) >= 11 is 0. The quantitative estimate of drug-likeness (QED) is 0.613. The van der Waals surface area contributed by atoms with Gasteiger partial charge in [0.15, 0.2) is 0 Å². The molecule has 0 bridgehead atoms. The van der Waals surface area contributed by atoms with Crippen LogP contribution in [0.2, 0.25) is 0 Å². The van der Waals surface area contributed by atoms with E-state index in [1.165, 1.54) is 12.1 Å². The largest absolute Gasteiger partial charge is 0.332 e. The van der Waals surface area contributed by atoms with Gasteiger partial charge >= 0.3 is 0 Å². The zero-order valence-corrected chi connectivity index (χ0v) is 12.8. The zero-order valence-electron chi connectivity index (χ0n) is 12.8. The normalized spacial score (nSPS) is 10.9. The van der Waals surface area contributed by atoms with Crippen molar-refractivity contribution in [3.8, 4) is 34.2 Å². The molecule has 0 unspecified atom stereocenters. The minimum absolute atomic E-state index is 0.307. The van der Waals surface area contributed by atoms with E-state index in [4.69, 9.17) is 4.52 Å². The lowest BCUT2D eigenvalue weighted by molar-refractivity contribution is 0.431. The molecule has 0 aliphatic carbocycles. The van der Waals surface area contributed by atoms with Gasteiger partial charge in [0, 0.05) is 11.1 Å². The summed E-state index contributed by atoms with van der Waals surface area (Å²) in [6.07, 6.45) is 0. The second-order valence-electron chi connectivity index (χ2n) is 5.41. The van der Waals surface area contributed by atoms with Gasteiger partial charge in [-0.2, -0.15) is 10.1 Å². The van der Waals surface area contributed by atoms with E-state index in [9.17, 15) is 4.39 Å². The summed E-state index contributed by atoms with van der Waals surface area (Å²) < 4.78 is 18.3. The number of H-pyrrole nitrogens is 1. The summed E-state index contributed by atoms with van der Waals surface area (Å²) in [5.41, 5.74) is 4.30. The molecule has 0 atom stereocenters. The monoisotopic (exact) mass is 320 g/mol. The van der Waals surface area contributed by atoms with E-state index in [-0.39, 0.29) is 5.82 Å². The number of aromatic nitrogens is 4. The molecule has 0 aliphatic heterocycles. The lowest BCUT2D eigenvalue weighted by atomic mass is 10.1. The Bertz CT molecular complexity index is 988. The molecule has 118 valence electrons. The summed E-state index contributed by atoms with van der Waals surface area (Å²) in [6, 6.07) is 15.8. The molecule has 5 nitrogen and oxygen atoms in total. The maximum atomic E-state index is 13.0. The predicted molar refractivity (Wildman–Crippen MR) is 87.4 cm³/mol. The highest BCUT2D eigenvalue weighted by molar-refractivity contribution is 5.68. The Balaban J connectivity index is 1.66. The van der Waals surface area contributed by atoms with E-state index in [0.717, 1.165) is 16.8 Å². The van der Waals surface area contributed by atoms with Gasteiger partial charge in [-0.3, -0.25) is 5.10 Å². The van der Waals surface area contributed by atoms with Crippen LogP contribution in [0, 0.1) is 12.7 Å². The minimum atomic E-state index is -0.307. The van der Waals surface area contributed by atoms with Crippen molar-refractivity contribution in [1.82, 2.24) is 20.3 Å². The third kappa shape index (κ3) is 2.58. The fraction of sp³-hybridized carbons (Fsp3) is 0.0556. The van der Waals surface area contributed by atoms with Gasteiger partial charge < -0.3 is 4.52 Å². The van der Waals surface area contributed by atoms with E-state index in [2.05, 4.69) is 20.3 Å². The molecule has 24 heavy (non-hydrogen) atoms. The lowest BCUT2D eigenvalue weighted by Gasteiger charge is -1.99. The maximum absolute atomic E-state index is 13.0. The maximum Gasteiger partial charge on any atom is 0.276 e. The number of hydrogen-bond acceptors (Lipinski definition) is 4. The Kier molecular flexibility index (Phi) is 3.42. The van der Waals surface area contributed by atoms with E-state index in [1.54, 1.807) is 12.1 Å². The minimum Gasteiger partial charge on any atom is -0.332 e. The first-order valence-electron chi connectivity index (χ1n) is 7.42. The highest BCUT2D eigenvalue weighted by Gasteiger charge is 2.14. The summed E-state index contributed by atoms with van der Waals surface area (Å²) in [4.78, 5) is 4.34. The van der Waals surface area contributed by atoms with Crippen molar-refractivity contribution in [2.75, 3.05) is 0 Å². The highest BCUT2D eigenvalue weighted by atomic mass is 19.1. The van der Waals surface area contributed by atoms with Crippen molar-refractivity contribution >= 4 is 0 Å². The summed E-state index contributed by atoms with van der Waals surface area (Å²) in [5.74, 6) is 0.428. The number of rotatable bonds is 3. The Morgan fingerprint density at radius 2 is 1.83 bits per heavy atom. The van der Waals surface area contributed by atoms with Crippen LogP contribution in [0.3, 0.4) is 0 Å². The van der Waals surface area contributed by atoms with Gasteiger partial charge in [0.1, 0.15) is 11.5 Å². The standard InChI is InChI=1S/C18H13FN4O/c1-11-4-2-3-5-14(11)15-10-16(22-21-15)18-20-17(23-24-18)12-6-8-13(19)9-7-12/h2-10H,1H3,(H,21,22). The van der Waals surface area contributed by atoms with Gasteiger partial charge in [0.2, 0.25) is 5.82 Å². The third-order valence-electron chi connectivity index (χ3n) is 3.76. The Morgan fingerprint density at radius 1 is 1.04 bits per heavy atom. The number of halogens is 1. The second kappa shape index (κ2) is 5.73. The molecule has 0 fully saturated rings. The SMILES string of the molecule is Cc1ccccc1-c1cc(-c2nc(-c3ccc(F)cc3)no2)[nH]n1. The molecule has 0 radical (unpaired) electrons. The number of benzene rings is 2. The van der Waals surface area contributed by atoms with Crippen LogP contribution >= 0.6 is 0 Å². The van der Waals surface area contributed by atoms with Crippen LogP contribution in [-0.4, -0.2) is 20.3 Å². The molecule has 1 N–H and O–H groups in total. The number of aryl methyl sites for hydroxylation is 1. The van der Waals surface area contributed by atoms with Crippen molar-refractivity contribution in [3.05, 3.63) is 66.0 Å². The molecule has 0 spiro atoms. The van der Waals surface area contributed by atoms with Crippen molar-refractivity contribution in [1.29, 1.82) is 0 Å². The van der Waals surface area contributed by atoms with Gasteiger partial charge in [-0.25, -0.2) is 4.39 Å². The van der Waals surface area contributed by atoms with E-state index in [0.29, 0.717) is 23.0 Å². The van der Waals surface area contributed by atoms with Crippen LogP contribution in [0.4, 0.5) is 4.39 Å². The summed E-state index contributed by atoms with van der Waals surface area (Å²) in [7, 11) is 0. The smallest absolute Gasteiger partial charge is 0.276 e. The lowest BCUT2D eigenvalue weighted by Crippen LogP contribution is -1.82. The Labute approximate surface area is 137 Å². The van der Waals surface area contributed by atoms with Crippen LogP contribution < -0.4 is 0 Å². The van der Waals surface area contributed by atoms with Gasteiger partial charge in [0.25, 0.3) is 5.89 Å². The molecule has 0 saturated heterocycles. The molecule has 2 heterocycles. The first-order valence-corrected chi connectivity index (χ1v) is 7.42. The topological polar surface area (TPSA) is 67.6 Å². The van der Waals surface area contributed by atoms with Gasteiger partial charge in [-0.05, 0) is 42.8 Å². The average Bonchev–Trinajstić information content (AvgIpc) is 3.25. The van der Waals surface area contributed by atoms with E-state index < -0.39 is 0 Å². The molecule has 0 aliphatic rings. The van der Waals surface area contributed by atoms with Gasteiger partial charge in [-0.15, -0.1) is 0 Å². The number of nitrogens with zero attached hydrogens (tertiary/aromatic N) is 3. The van der Waals surface area contributed by atoms with Gasteiger partial charge in [-0.1, -0.05) is 29.4 Å². The average molecular weight is 320 g/mol.